The molecule has 14 heavy (non-hydrogen) atoms. The fourth-order valence-electron chi connectivity index (χ4n) is 0.628. The lowest BCUT2D eigenvalue weighted by molar-refractivity contribution is -0.174. The van der Waals surface area contributed by atoms with E-state index < -0.39 is 12.8 Å². The van der Waals surface area contributed by atoms with E-state index >= 15 is 0 Å². The minimum atomic E-state index is -4.33. The maximum Gasteiger partial charge on any atom is 0.411 e. The Morgan fingerprint density at radius 3 is 2.57 bits per heavy atom. The van der Waals surface area contributed by atoms with Gasteiger partial charge in [-0.2, -0.15) is 13.2 Å². The monoisotopic (exact) mass is 277 g/mol. The second kappa shape index (κ2) is 7.05. The molecule has 0 rings (SSSR count). The van der Waals surface area contributed by atoms with Crippen LogP contribution in [0.15, 0.2) is 0 Å². The van der Waals surface area contributed by atoms with Crippen molar-refractivity contribution < 1.29 is 22.7 Å². The summed E-state index contributed by atoms with van der Waals surface area (Å²) in [4.78, 5) is 10.8. The van der Waals surface area contributed by atoms with Crippen LogP contribution in [0.3, 0.4) is 0 Å². The molecule has 0 fully saturated rings. The van der Waals surface area contributed by atoms with Gasteiger partial charge in [-0.25, -0.2) is 0 Å². The van der Waals surface area contributed by atoms with Crippen molar-refractivity contribution in [2.75, 3.05) is 25.1 Å². The Hall–Kier alpha value is -0.300. The first-order valence-corrected chi connectivity index (χ1v) is 5.05. The molecule has 0 aromatic carbocycles. The number of nitrogens with one attached hydrogen (secondary N) is 1. The third-order valence-electron chi connectivity index (χ3n) is 1.16. The fourth-order valence-corrected chi connectivity index (χ4v) is 0.826. The molecule has 0 atom stereocenters. The molecular weight excluding hydrogens is 267 g/mol. The number of halogens is 4. The van der Waals surface area contributed by atoms with Crippen molar-refractivity contribution in [1.82, 2.24) is 5.32 Å². The van der Waals surface area contributed by atoms with E-state index in [9.17, 15) is 18.0 Å². The lowest BCUT2D eigenvalue weighted by atomic mass is 10.4. The molecular formula is C7H11BrF3NO2. The topological polar surface area (TPSA) is 38.3 Å². The molecule has 0 radical (unpaired) electrons. The molecule has 0 unspecified atom stereocenters. The first-order valence-electron chi connectivity index (χ1n) is 3.93. The predicted octanol–water partition coefficient (Wildman–Crippen LogP) is 1.47. The van der Waals surface area contributed by atoms with E-state index in [1.807, 2.05) is 0 Å². The van der Waals surface area contributed by atoms with Crippen LogP contribution in [-0.4, -0.2) is 37.2 Å². The first-order chi connectivity index (χ1) is 6.45. The summed E-state index contributed by atoms with van der Waals surface area (Å²) in [6.45, 7) is -1.07. The lowest BCUT2D eigenvalue weighted by Crippen LogP contribution is -2.27. The van der Waals surface area contributed by atoms with Crippen LogP contribution in [0.4, 0.5) is 13.2 Å². The van der Waals surface area contributed by atoms with Gasteiger partial charge in [0.05, 0.1) is 6.61 Å². The van der Waals surface area contributed by atoms with Gasteiger partial charge >= 0.3 is 6.18 Å². The maximum atomic E-state index is 11.6. The summed E-state index contributed by atoms with van der Waals surface area (Å²) in [5.41, 5.74) is 0. The third kappa shape index (κ3) is 9.79. The van der Waals surface area contributed by atoms with Crippen molar-refractivity contribution in [2.45, 2.75) is 12.6 Å². The van der Waals surface area contributed by atoms with Gasteiger partial charge in [-0.05, 0) is 0 Å². The molecule has 1 N–H and O–H groups in total. The smallest absolute Gasteiger partial charge is 0.372 e. The van der Waals surface area contributed by atoms with Crippen LogP contribution in [0.2, 0.25) is 0 Å². The highest BCUT2D eigenvalue weighted by atomic mass is 79.9. The lowest BCUT2D eigenvalue weighted by Gasteiger charge is -2.07. The Kier molecular flexibility index (Phi) is 6.90. The van der Waals surface area contributed by atoms with E-state index in [1.165, 1.54) is 0 Å². The summed E-state index contributed by atoms with van der Waals surface area (Å²) >= 11 is 3.09. The van der Waals surface area contributed by atoms with Gasteiger partial charge in [-0.3, -0.25) is 4.79 Å². The maximum absolute atomic E-state index is 11.6. The number of hydrogen-bond donors (Lipinski definition) is 1. The number of amides is 1. The first kappa shape index (κ1) is 13.7. The second-order valence-corrected chi connectivity index (χ2v) is 3.25. The minimum Gasteiger partial charge on any atom is -0.372 e. The zero-order chi connectivity index (χ0) is 11.0. The van der Waals surface area contributed by atoms with Crippen molar-refractivity contribution in [3.63, 3.8) is 0 Å². The van der Waals surface area contributed by atoms with Gasteiger partial charge < -0.3 is 10.1 Å². The Balaban J connectivity index is 3.32. The molecule has 3 nitrogen and oxygen atoms in total. The molecule has 7 heteroatoms. The van der Waals surface area contributed by atoms with Crippen LogP contribution in [0, 0.1) is 0 Å². The molecule has 0 saturated heterocycles. The Labute approximate surface area is 88.1 Å². The molecule has 0 saturated carbocycles. The van der Waals surface area contributed by atoms with Crippen LogP contribution in [0.5, 0.6) is 0 Å². The Morgan fingerprint density at radius 1 is 1.43 bits per heavy atom. The number of alkyl halides is 4. The average molecular weight is 278 g/mol. The zero-order valence-corrected chi connectivity index (χ0v) is 8.95. The SMILES string of the molecule is O=C(CCOCC(F)(F)F)NCCBr. The summed E-state index contributed by atoms with van der Waals surface area (Å²) < 4.78 is 38.9. The van der Waals surface area contributed by atoms with Crippen LogP contribution in [0.1, 0.15) is 6.42 Å². The number of carbonyl (C=O) groups excluding carboxylic acids is 1. The summed E-state index contributed by atoms with van der Waals surface area (Å²) in [5.74, 6) is -0.313. The minimum absolute atomic E-state index is 0.0525. The van der Waals surface area contributed by atoms with E-state index in [-0.39, 0.29) is 18.9 Å². The molecule has 1 amide bonds. The van der Waals surface area contributed by atoms with E-state index in [4.69, 9.17) is 0 Å². The van der Waals surface area contributed by atoms with E-state index in [2.05, 4.69) is 26.0 Å². The van der Waals surface area contributed by atoms with E-state index in [0.717, 1.165) is 0 Å². The average Bonchev–Trinajstić information content (AvgIpc) is 2.07. The van der Waals surface area contributed by atoms with Crippen molar-refractivity contribution in [2.24, 2.45) is 0 Å². The van der Waals surface area contributed by atoms with Crippen molar-refractivity contribution >= 4 is 21.8 Å². The molecule has 0 heterocycles. The standard InChI is InChI=1S/C7H11BrF3NO2/c8-2-3-12-6(13)1-4-14-5-7(9,10)11/h1-5H2,(H,12,13). The van der Waals surface area contributed by atoms with Gasteiger partial charge in [0.2, 0.25) is 5.91 Å². The second-order valence-electron chi connectivity index (χ2n) is 2.46. The fraction of sp³-hybridized carbons (Fsp3) is 0.857. The van der Waals surface area contributed by atoms with Crippen LogP contribution in [-0.2, 0) is 9.53 Å². The summed E-state index contributed by atoms with van der Waals surface area (Å²) in [7, 11) is 0. The normalized spacial score (nSPS) is 11.4. The molecule has 0 aliphatic carbocycles. The van der Waals surface area contributed by atoms with Crippen molar-refractivity contribution in [3.8, 4) is 0 Å². The molecule has 84 valence electrons. The Bertz CT molecular complexity index is 175. The summed E-state index contributed by atoms with van der Waals surface area (Å²) in [5, 5.41) is 3.10. The van der Waals surface area contributed by atoms with E-state index in [1.54, 1.807) is 0 Å². The number of carbonyl (C=O) groups is 1. The quantitative estimate of drug-likeness (QED) is 0.590. The summed E-state index contributed by atoms with van der Waals surface area (Å²) in [6, 6.07) is 0. The highest BCUT2D eigenvalue weighted by Gasteiger charge is 2.27. The molecule has 0 aromatic rings. The van der Waals surface area contributed by atoms with Gasteiger partial charge in [0, 0.05) is 18.3 Å². The van der Waals surface area contributed by atoms with Crippen LogP contribution >= 0.6 is 15.9 Å². The molecule has 0 bridgehead atoms. The summed E-state index contributed by atoms with van der Waals surface area (Å²) in [6.07, 6.45) is -4.38. The van der Waals surface area contributed by atoms with Crippen molar-refractivity contribution in [1.29, 1.82) is 0 Å². The van der Waals surface area contributed by atoms with Gasteiger partial charge in [0.15, 0.2) is 0 Å². The predicted molar refractivity (Wildman–Crippen MR) is 48.3 cm³/mol. The molecule has 0 aliphatic heterocycles. The van der Waals surface area contributed by atoms with E-state index in [0.29, 0.717) is 11.9 Å². The van der Waals surface area contributed by atoms with Crippen molar-refractivity contribution in [3.05, 3.63) is 0 Å². The van der Waals surface area contributed by atoms with Crippen LogP contribution in [0.25, 0.3) is 0 Å². The number of ether oxygens (including phenoxy) is 1. The molecule has 0 aromatic heterocycles. The highest BCUT2D eigenvalue weighted by Crippen LogP contribution is 2.14. The zero-order valence-electron chi connectivity index (χ0n) is 7.36. The highest BCUT2D eigenvalue weighted by molar-refractivity contribution is 9.09. The molecule has 0 spiro atoms. The molecule has 0 aliphatic rings. The van der Waals surface area contributed by atoms with Crippen LogP contribution < -0.4 is 5.32 Å². The largest absolute Gasteiger partial charge is 0.411 e. The van der Waals surface area contributed by atoms with Gasteiger partial charge in [-0.15, -0.1) is 0 Å². The van der Waals surface area contributed by atoms with Gasteiger partial charge in [-0.1, -0.05) is 15.9 Å². The number of hydrogen-bond acceptors (Lipinski definition) is 2. The van der Waals surface area contributed by atoms with Gasteiger partial charge in [0.1, 0.15) is 6.61 Å². The number of rotatable bonds is 6. The Morgan fingerprint density at radius 2 is 2.07 bits per heavy atom. The van der Waals surface area contributed by atoms with Gasteiger partial charge in [0.25, 0.3) is 0 Å². The third-order valence-corrected chi connectivity index (χ3v) is 1.55.